The summed E-state index contributed by atoms with van der Waals surface area (Å²) < 4.78 is 32.8. The number of amides is 1. The van der Waals surface area contributed by atoms with Crippen LogP contribution in [-0.4, -0.2) is 46.6 Å². The first-order valence-corrected chi connectivity index (χ1v) is 13.1. The predicted molar refractivity (Wildman–Crippen MR) is 134 cm³/mol. The van der Waals surface area contributed by atoms with E-state index in [0.717, 1.165) is 16.9 Å². The molecule has 2 aromatic heterocycles. The van der Waals surface area contributed by atoms with Crippen LogP contribution in [-0.2, 0) is 19.6 Å². The van der Waals surface area contributed by atoms with Crippen LogP contribution in [0.4, 0.5) is 10.8 Å². The monoisotopic (exact) mass is 526 g/mol. The van der Waals surface area contributed by atoms with Gasteiger partial charge in [0.25, 0.3) is 15.9 Å². The van der Waals surface area contributed by atoms with Gasteiger partial charge < -0.3 is 15.0 Å². The quantitative estimate of drug-likeness (QED) is 0.279. The highest BCUT2D eigenvalue weighted by Gasteiger charge is 2.23. The molecule has 0 spiro atoms. The smallest absolute Gasteiger partial charge is 0.338 e. The van der Waals surface area contributed by atoms with Crippen molar-refractivity contribution in [3.63, 3.8) is 0 Å². The molecule has 1 unspecified atom stereocenters. The minimum atomic E-state index is -3.86. The molecular formula is C23H22N6O5S2. The van der Waals surface area contributed by atoms with Crippen molar-refractivity contribution in [2.45, 2.75) is 31.3 Å². The summed E-state index contributed by atoms with van der Waals surface area (Å²) in [5.74, 6) is -0.496. The molecular weight excluding hydrogens is 504 g/mol. The molecule has 1 amide bonds. The van der Waals surface area contributed by atoms with Gasteiger partial charge in [0.1, 0.15) is 10.8 Å². The number of benzene rings is 2. The number of carbonyl (C=O) groups is 2. The van der Waals surface area contributed by atoms with Gasteiger partial charge in [0.15, 0.2) is 6.10 Å². The van der Waals surface area contributed by atoms with Crippen molar-refractivity contribution >= 4 is 44.1 Å². The number of hydrogen-bond donors (Lipinski definition) is 3. The van der Waals surface area contributed by atoms with Crippen LogP contribution in [0.5, 0.6) is 0 Å². The number of sulfonamides is 1. The van der Waals surface area contributed by atoms with Crippen LogP contribution in [0.25, 0.3) is 11.4 Å². The van der Waals surface area contributed by atoms with E-state index in [-0.39, 0.29) is 16.4 Å². The van der Waals surface area contributed by atoms with Gasteiger partial charge in [-0.05, 0) is 49.7 Å². The Morgan fingerprint density at radius 3 is 2.39 bits per heavy atom. The summed E-state index contributed by atoms with van der Waals surface area (Å²) in [6.07, 6.45) is 2.55. The summed E-state index contributed by atoms with van der Waals surface area (Å²) in [6, 6.07) is 12.2. The molecule has 4 aromatic rings. The fourth-order valence-corrected chi connectivity index (χ4v) is 4.98. The molecule has 4 rings (SSSR count). The van der Waals surface area contributed by atoms with E-state index in [1.54, 1.807) is 50.5 Å². The van der Waals surface area contributed by atoms with Crippen LogP contribution in [0, 0.1) is 6.92 Å². The van der Waals surface area contributed by atoms with Gasteiger partial charge in [-0.25, -0.2) is 18.2 Å². The second-order valence-corrected chi connectivity index (χ2v) is 10.4. The fourth-order valence-electron chi connectivity index (χ4n) is 3.16. The lowest BCUT2D eigenvalue weighted by Crippen LogP contribution is -2.32. The number of ether oxygens (including phenoxy) is 1. The zero-order valence-corrected chi connectivity index (χ0v) is 20.9. The Kier molecular flexibility index (Phi) is 7.41. The molecule has 13 heteroatoms. The topological polar surface area (TPSA) is 156 Å². The number of imidazole rings is 1. The van der Waals surface area contributed by atoms with Crippen molar-refractivity contribution in [1.82, 2.24) is 20.2 Å². The molecule has 0 aliphatic heterocycles. The van der Waals surface area contributed by atoms with Gasteiger partial charge in [0.2, 0.25) is 5.13 Å². The highest BCUT2D eigenvalue weighted by atomic mass is 32.2. The molecule has 2 heterocycles. The number of carbonyl (C=O) groups excluding carboxylic acids is 2. The molecule has 0 aliphatic rings. The van der Waals surface area contributed by atoms with Crippen molar-refractivity contribution < 1.29 is 22.7 Å². The highest BCUT2D eigenvalue weighted by molar-refractivity contribution is 7.93. The van der Waals surface area contributed by atoms with Gasteiger partial charge >= 0.3 is 5.97 Å². The fraction of sp³-hybridized carbons (Fsp3) is 0.174. The third-order valence-corrected chi connectivity index (χ3v) is 7.22. The van der Waals surface area contributed by atoms with Crippen LogP contribution in [0.15, 0.2) is 65.8 Å². The Morgan fingerprint density at radius 2 is 1.81 bits per heavy atom. The number of nitrogens with zero attached hydrogens (tertiary/aromatic N) is 3. The van der Waals surface area contributed by atoms with Gasteiger partial charge in [0.05, 0.1) is 10.5 Å². The molecule has 186 valence electrons. The van der Waals surface area contributed by atoms with Crippen LogP contribution < -0.4 is 10.0 Å². The number of anilines is 2. The number of rotatable bonds is 9. The lowest BCUT2D eigenvalue weighted by Gasteiger charge is -2.16. The van der Waals surface area contributed by atoms with Crippen LogP contribution in [0.1, 0.15) is 28.7 Å². The van der Waals surface area contributed by atoms with Gasteiger partial charge in [0, 0.05) is 23.6 Å². The molecule has 0 aliphatic carbocycles. The molecule has 0 saturated heterocycles. The summed E-state index contributed by atoms with van der Waals surface area (Å²) in [4.78, 5) is 32.4. The minimum absolute atomic E-state index is 0.00943. The molecule has 0 radical (unpaired) electrons. The number of aromatic nitrogens is 4. The van der Waals surface area contributed by atoms with E-state index in [4.69, 9.17) is 4.74 Å². The number of aryl methyl sites for hydroxylation is 1. The van der Waals surface area contributed by atoms with Gasteiger partial charge in [-0.1, -0.05) is 30.4 Å². The molecule has 0 bridgehead atoms. The lowest BCUT2D eigenvalue weighted by molar-refractivity contribution is -0.124. The molecule has 11 nitrogen and oxygen atoms in total. The Hall–Kier alpha value is -4.10. The number of esters is 1. The highest BCUT2D eigenvalue weighted by Crippen LogP contribution is 2.21. The Morgan fingerprint density at radius 1 is 1.08 bits per heavy atom. The van der Waals surface area contributed by atoms with Crippen molar-refractivity contribution in [1.29, 1.82) is 0 Å². The normalized spacial score (nSPS) is 12.1. The third-order valence-electron chi connectivity index (χ3n) is 4.98. The predicted octanol–water partition coefficient (Wildman–Crippen LogP) is 3.61. The number of H-pyrrole nitrogens is 1. The van der Waals surface area contributed by atoms with E-state index in [2.05, 4.69) is 30.2 Å². The van der Waals surface area contributed by atoms with E-state index < -0.39 is 28.0 Å². The van der Waals surface area contributed by atoms with Crippen molar-refractivity contribution in [2.75, 3.05) is 10.0 Å². The zero-order valence-electron chi connectivity index (χ0n) is 19.3. The molecule has 2 aromatic carbocycles. The molecule has 1 atom stereocenters. The second-order valence-electron chi connectivity index (χ2n) is 7.56. The standard InChI is InChI=1S/C23H22N6O5S2/c1-3-19(34-22(31)16-6-4-15(5-7-16)20-24-12-13-25-20)21(30)26-17-8-10-18(11-9-17)36(32,33)29-23-28-27-14(2)35-23/h4-13,19H,3H2,1-2H3,(H,24,25)(H,26,30)(H,28,29). The maximum Gasteiger partial charge on any atom is 0.338 e. The summed E-state index contributed by atoms with van der Waals surface area (Å²) >= 11 is 1.11. The first-order valence-electron chi connectivity index (χ1n) is 10.8. The first-order chi connectivity index (χ1) is 17.2. The first kappa shape index (κ1) is 25.0. The average molecular weight is 527 g/mol. The average Bonchev–Trinajstić information content (AvgIpc) is 3.54. The van der Waals surface area contributed by atoms with Crippen molar-refractivity contribution in [2.24, 2.45) is 0 Å². The summed E-state index contributed by atoms with van der Waals surface area (Å²) in [5, 5.41) is 11.0. The molecule has 3 N–H and O–H groups in total. The zero-order chi connectivity index (χ0) is 25.7. The summed E-state index contributed by atoms with van der Waals surface area (Å²) in [5.41, 5.74) is 1.45. The SMILES string of the molecule is CCC(OC(=O)c1ccc(-c2ncc[nH]2)cc1)C(=O)Nc1ccc(S(=O)(=O)Nc2nnc(C)s2)cc1. The van der Waals surface area contributed by atoms with Crippen LogP contribution in [0.2, 0.25) is 0 Å². The minimum Gasteiger partial charge on any atom is -0.449 e. The van der Waals surface area contributed by atoms with E-state index >= 15 is 0 Å². The summed E-state index contributed by atoms with van der Waals surface area (Å²) in [6.45, 7) is 3.43. The van der Waals surface area contributed by atoms with E-state index in [1.807, 2.05) is 0 Å². The maximum absolute atomic E-state index is 12.7. The third kappa shape index (κ3) is 5.93. The molecule has 36 heavy (non-hydrogen) atoms. The Bertz CT molecular complexity index is 1450. The number of aromatic amines is 1. The van der Waals surface area contributed by atoms with Crippen molar-refractivity contribution in [3.05, 3.63) is 71.5 Å². The van der Waals surface area contributed by atoms with Crippen LogP contribution >= 0.6 is 11.3 Å². The lowest BCUT2D eigenvalue weighted by atomic mass is 10.1. The van der Waals surface area contributed by atoms with E-state index in [1.165, 1.54) is 24.3 Å². The van der Waals surface area contributed by atoms with Crippen molar-refractivity contribution in [3.8, 4) is 11.4 Å². The van der Waals surface area contributed by atoms with Gasteiger partial charge in [-0.3, -0.25) is 9.52 Å². The molecule has 0 saturated carbocycles. The summed E-state index contributed by atoms with van der Waals surface area (Å²) in [7, 11) is -3.86. The Balaban J connectivity index is 1.36. The Labute approximate surface area is 211 Å². The number of hydrogen-bond acceptors (Lipinski definition) is 9. The maximum atomic E-state index is 12.7. The van der Waals surface area contributed by atoms with Gasteiger partial charge in [-0.2, -0.15) is 0 Å². The van der Waals surface area contributed by atoms with E-state index in [0.29, 0.717) is 22.1 Å². The van der Waals surface area contributed by atoms with Gasteiger partial charge in [-0.15, -0.1) is 10.2 Å². The largest absolute Gasteiger partial charge is 0.449 e. The molecule has 0 fully saturated rings. The number of nitrogens with one attached hydrogen (secondary N) is 3. The van der Waals surface area contributed by atoms with E-state index in [9.17, 15) is 18.0 Å². The second kappa shape index (κ2) is 10.7. The van der Waals surface area contributed by atoms with Crippen LogP contribution in [0.3, 0.4) is 0 Å².